The summed E-state index contributed by atoms with van der Waals surface area (Å²) in [7, 11) is 0. The summed E-state index contributed by atoms with van der Waals surface area (Å²) in [5.74, 6) is 0. The summed E-state index contributed by atoms with van der Waals surface area (Å²) >= 11 is 1.07. The molecule has 0 aliphatic heterocycles. The normalized spacial score (nSPS) is 11.5. The molecule has 1 aromatic heterocycles. The van der Waals surface area contributed by atoms with E-state index in [1.807, 2.05) is 0 Å². The van der Waals surface area contributed by atoms with E-state index >= 15 is 0 Å². The molecule has 4 nitrogen and oxygen atoms in total. The Morgan fingerprint density at radius 3 is 2.77 bits per heavy atom. The van der Waals surface area contributed by atoms with E-state index in [1.54, 1.807) is 11.5 Å². The molecule has 0 unspecified atom stereocenters. The Hall–Kier alpha value is -0.910. The zero-order valence-electron chi connectivity index (χ0n) is 6.67. The molecular weight excluding hydrogens is 212 g/mol. The number of rotatable bonds is 3. The summed E-state index contributed by atoms with van der Waals surface area (Å²) in [4.78, 5) is 9.85. The van der Waals surface area contributed by atoms with E-state index in [9.17, 15) is 10.1 Å². The maximum absolute atomic E-state index is 10.3. The largest absolute Gasteiger partial charge is 0.324 e. The summed E-state index contributed by atoms with van der Waals surface area (Å²) in [6, 6.07) is 1.16. The summed E-state index contributed by atoms with van der Waals surface area (Å²) in [5.41, 5.74) is 6.31. The van der Waals surface area contributed by atoms with Crippen LogP contribution in [0.3, 0.4) is 0 Å². The van der Waals surface area contributed by atoms with Gasteiger partial charge in [-0.05, 0) is 5.56 Å². The fraction of sp³-hybridized carbons (Fsp3) is 0.143. The topological polar surface area (TPSA) is 69.2 Å². The van der Waals surface area contributed by atoms with Gasteiger partial charge in [-0.1, -0.05) is 17.4 Å². The second-order valence-corrected chi connectivity index (χ2v) is 3.13. The standard InChI is InChI=1S/C7H8N2O2S.ClH/c1-2-6(8)5-3-7(9(10)11)12-4-5;/h2-4,6H,1,8H2;1H/t6-;/m0./s1. The Labute approximate surface area is 85.6 Å². The van der Waals surface area contributed by atoms with E-state index in [4.69, 9.17) is 5.73 Å². The van der Waals surface area contributed by atoms with Crippen LogP contribution in [-0.2, 0) is 0 Å². The van der Waals surface area contributed by atoms with Gasteiger partial charge in [0, 0.05) is 17.5 Å². The van der Waals surface area contributed by atoms with Crippen molar-refractivity contribution in [1.82, 2.24) is 0 Å². The first-order valence-electron chi connectivity index (χ1n) is 3.26. The number of hydrogen-bond acceptors (Lipinski definition) is 4. The van der Waals surface area contributed by atoms with Crippen molar-refractivity contribution in [3.05, 3.63) is 39.8 Å². The highest BCUT2D eigenvalue weighted by atomic mass is 35.5. The number of thiophene rings is 1. The van der Waals surface area contributed by atoms with Crippen LogP contribution in [0.15, 0.2) is 24.1 Å². The van der Waals surface area contributed by atoms with Crippen molar-refractivity contribution in [2.75, 3.05) is 0 Å². The maximum atomic E-state index is 10.3. The van der Waals surface area contributed by atoms with E-state index in [0.717, 1.165) is 16.9 Å². The van der Waals surface area contributed by atoms with Gasteiger partial charge in [0.25, 0.3) is 0 Å². The van der Waals surface area contributed by atoms with Crippen LogP contribution in [0.4, 0.5) is 5.00 Å². The average Bonchev–Trinajstić information content (AvgIpc) is 2.51. The van der Waals surface area contributed by atoms with E-state index in [0.29, 0.717) is 0 Å². The molecular formula is C7H9ClN2O2S. The van der Waals surface area contributed by atoms with Crippen molar-refractivity contribution in [2.24, 2.45) is 5.73 Å². The SMILES string of the molecule is C=C[C@H](N)c1csc([N+](=O)[O-])c1.Cl. The summed E-state index contributed by atoms with van der Waals surface area (Å²) < 4.78 is 0. The molecule has 1 rings (SSSR count). The molecule has 0 aliphatic carbocycles. The predicted molar refractivity (Wildman–Crippen MR) is 55.3 cm³/mol. The molecule has 1 aromatic rings. The van der Waals surface area contributed by atoms with Crippen LogP contribution in [0.2, 0.25) is 0 Å². The molecule has 72 valence electrons. The lowest BCUT2D eigenvalue weighted by molar-refractivity contribution is -0.380. The molecule has 0 radical (unpaired) electrons. The highest BCUT2D eigenvalue weighted by molar-refractivity contribution is 7.13. The maximum Gasteiger partial charge on any atom is 0.324 e. The lowest BCUT2D eigenvalue weighted by Crippen LogP contribution is -2.04. The van der Waals surface area contributed by atoms with Gasteiger partial charge < -0.3 is 5.73 Å². The lowest BCUT2D eigenvalue weighted by Gasteiger charge is -1.99. The number of nitrogens with zero attached hydrogens (tertiary/aromatic N) is 1. The van der Waals surface area contributed by atoms with Gasteiger partial charge in [-0.2, -0.15) is 0 Å². The van der Waals surface area contributed by atoms with E-state index in [2.05, 4.69) is 6.58 Å². The van der Waals surface area contributed by atoms with Crippen molar-refractivity contribution in [1.29, 1.82) is 0 Å². The molecule has 0 saturated heterocycles. The van der Waals surface area contributed by atoms with E-state index in [1.165, 1.54) is 6.07 Å². The molecule has 0 aliphatic rings. The second kappa shape index (κ2) is 4.96. The van der Waals surface area contributed by atoms with Crippen LogP contribution in [0.1, 0.15) is 11.6 Å². The van der Waals surface area contributed by atoms with Crippen molar-refractivity contribution < 1.29 is 4.92 Å². The summed E-state index contributed by atoms with van der Waals surface area (Å²) in [6.07, 6.45) is 1.55. The van der Waals surface area contributed by atoms with Crippen LogP contribution in [0, 0.1) is 10.1 Å². The Kier molecular flexibility index (Phi) is 4.61. The summed E-state index contributed by atoms with van der Waals surface area (Å²) in [6.45, 7) is 3.50. The minimum atomic E-state index is -0.427. The van der Waals surface area contributed by atoms with Gasteiger partial charge in [0.2, 0.25) is 0 Å². The molecule has 13 heavy (non-hydrogen) atoms. The first kappa shape index (κ1) is 12.1. The molecule has 2 N–H and O–H groups in total. The third-order valence-electron chi connectivity index (χ3n) is 1.42. The Morgan fingerprint density at radius 1 is 1.77 bits per heavy atom. The predicted octanol–water partition coefficient (Wildman–Crippen LogP) is 2.26. The number of halogens is 1. The van der Waals surface area contributed by atoms with Crippen molar-refractivity contribution in [3.8, 4) is 0 Å². The number of nitro groups is 1. The fourth-order valence-electron chi connectivity index (χ4n) is 0.746. The first-order valence-corrected chi connectivity index (χ1v) is 4.14. The lowest BCUT2D eigenvalue weighted by atomic mass is 10.2. The van der Waals surface area contributed by atoms with Crippen molar-refractivity contribution >= 4 is 28.7 Å². The molecule has 0 amide bonds. The summed E-state index contributed by atoms with van der Waals surface area (Å²) in [5, 5.41) is 12.1. The molecule has 0 aromatic carbocycles. The van der Waals surface area contributed by atoms with Crippen molar-refractivity contribution in [2.45, 2.75) is 6.04 Å². The molecule has 1 heterocycles. The van der Waals surface area contributed by atoms with E-state index < -0.39 is 4.92 Å². The van der Waals surface area contributed by atoms with Gasteiger partial charge in [0.1, 0.15) is 0 Å². The van der Waals surface area contributed by atoms with Gasteiger partial charge in [0.05, 0.1) is 4.92 Å². The molecule has 0 saturated carbocycles. The molecule has 1 atom stereocenters. The smallest absolute Gasteiger partial charge is 0.321 e. The van der Waals surface area contributed by atoms with Crippen LogP contribution in [0.25, 0.3) is 0 Å². The molecule has 6 heteroatoms. The van der Waals surface area contributed by atoms with Crippen molar-refractivity contribution in [3.63, 3.8) is 0 Å². The highest BCUT2D eigenvalue weighted by Crippen LogP contribution is 2.25. The van der Waals surface area contributed by atoms with Gasteiger partial charge in [-0.25, -0.2) is 0 Å². The number of nitrogens with two attached hydrogens (primary N) is 1. The van der Waals surface area contributed by atoms with Gasteiger partial charge in [-0.15, -0.1) is 19.0 Å². The molecule has 0 fully saturated rings. The zero-order valence-corrected chi connectivity index (χ0v) is 8.31. The molecule has 0 spiro atoms. The second-order valence-electron chi connectivity index (χ2n) is 2.24. The fourth-order valence-corrected chi connectivity index (χ4v) is 1.52. The Morgan fingerprint density at radius 2 is 2.38 bits per heavy atom. The number of hydrogen-bond donors (Lipinski definition) is 1. The average molecular weight is 221 g/mol. The van der Waals surface area contributed by atoms with Gasteiger partial charge in [0.15, 0.2) is 0 Å². The minimum absolute atomic E-state index is 0. The van der Waals surface area contributed by atoms with E-state index in [-0.39, 0.29) is 23.4 Å². The highest BCUT2D eigenvalue weighted by Gasteiger charge is 2.11. The monoisotopic (exact) mass is 220 g/mol. The van der Waals surface area contributed by atoms with Gasteiger partial charge in [-0.3, -0.25) is 10.1 Å². The third-order valence-corrected chi connectivity index (χ3v) is 2.32. The van der Waals surface area contributed by atoms with Crippen LogP contribution in [0.5, 0.6) is 0 Å². The molecule has 0 bridgehead atoms. The van der Waals surface area contributed by atoms with Gasteiger partial charge >= 0.3 is 5.00 Å². The third kappa shape index (κ3) is 2.80. The van der Waals surface area contributed by atoms with Crippen LogP contribution >= 0.6 is 23.7 Å². The Bertz CT molecular complexity index is 313. The zero-order chi connectivity index (χ0) is 9.14. The minimum Gasteiger partial charge on any atom is -0.321 e. The van der Waals surface area contributed by atoms with Crippen LogP contribution in [-0.4, -0.2) is 4.92 Å². The van der Waals surface area contributed by atoms with Crippen LogP contribution < -0.4 is 5.73 Å². The quantitative estimate of drug-likeness (QED) is 0.483. The first-order chi connectivity index (χ1) is 5.65. The Balaban J connectivity index is 0.00000144.